The van der Waals surface area contributed by atoms with E-state index in [1.165, 1.54) is 0 Å². The zero-order valence-corrected chi connectivity index (χ0v) is 10.3. The zero-order chi connectivity index (χ0) is 13.2. The van der Waals surface area contributed by atoms with Gasteiger partial charge in [0.15, 0.2) is 0 Å². The van der Waals surface area contributed by atoms with Crippen molar-refractivity contribution < 1.29 is 13.5 Å². The molecule has 0 radical (unpaired) electrons. The van der Waals surface area contributed by atoms with Crippen LogP contribution in [0.15, 0.2) is 12.3 Å². The average Bonchev–Trinajstić information content (AvgIpc) is 2.36. The quantitative estimate of drug-likeness (QED) is 0.665. The van der Waals surface area contributed by atoms with Gasteiger partial charge in [-0.3, -0.25) is 0 Å². The molecule has 1 rings (SSSR count). The van der Waals surface area contributed by atoms with E-state index < -0.39 is 13.0 Å². The minimum atomic E-state index is -2.42. The molecule has 18 heavy (non-hydrogen) atoms. The van der Waals surface area contributed by atoms with Crippen molar-refractivity contribution in [1.29, 1.82) is 0 Å². The van der Waals surface area contributed by atoms with Gasteiger partial charge in [0.05, 0.1) is 6.61 Å². The van der Waals surface area contributed by atoms with Gasteiger partial charge in [-0.1, -0.05) is 6.92 Å². The molecule has 1 heterocycles. The first kappa shape index (κ1) is 14.6. The lowest BCUT2D eigenvalue weighted by atomic mass is 10.5. The average molecular weight is 260 g/mol. The number of alkyl halides is 2. The molecule has 1 aromatic rings. The van der Waals surface area contributed by atoms with E-state index in [-0.39, 0.29) is 6.61 Å². The molecule has 0 saturated carbocycles. The third-order valence-corrected chi connectivity index (χ3v) is 1.99. The summed E-state index contributed by atoms with van der Waals surface area (Å²) < 4.78 is 28.3. The van der Waals surface area contributed by atoms with E-state index in [2.05, 4.69) is 27.5 Å². The van der Waals surface area contributed by atoms with Crippen LogP contribution in [0.5, 0.6) is 0 Å². The fraction of sp³-hybridized carbons (Fsp3) is 0.636. The van der Waals surface area contributed by atoms with Crippen LogP contribution in [0.3, 0.4) is 0 Å². The number of ether oxygens (including phenoxy) is 1. The van der Waals surface area contributed by atoms with Crippen LogP contribution in [-0.4, -0.2) is 42.7 Å². The molecule has 2 N–H and O–H groups in total. The standard InChI is InChI=1S/C11H18F2N4O/c1-2-4-15-11-16-5-3-10(17-11)14-6-7-18-8-9(12)13/h3,5,9H,2,4,6-8H2,1H3,(H2,14,15,16,17). The van der Waals surface area contributed by atoms with E-state index in [0.717, 1.165) is 13.0 Å². The van der Waals surface area contributed by atoms with Crippen molar-refractivity contribution >= 4 is 11.8 Å². The van der Waals surface area contributed by atoms with E-state index in [0.29, 0.717) is 18.3 Å². The minimum Gasteiger partial charge on any atom is -0.374 e. The fourth-order valence-electron chi connectivity index (χ4n) is 1.20. The summed E-state index contributed by atoms with van der Waals surface area (Å²) in [7, 11) is 0. The first-order chi connectivity index (χ1) is 8.72. The Hall–Kier alpha value is -1.50. The Labute approximate surface area is 105 Å². The van der Waals surface area contributed by atoms with E-state index >= 15 is 0 Å². The first-order valence-corrected chi connectivity index (χ1v) is 5.89. The summed E-state index contributed by atoms with van der Waals surface area (Å²) in [4.78, 5) is 8.26. The molecule has 0 aliphatic carbocycles. The van der Waals surface area contributed by atoms with Crippen molar-refractivity contribution in [3.05, 3.63) is 12.3 Å². The molecule has 5 nitrogen and oxygen atoms in total. The highest BCUT2D eigenvalue weighted by Gasteiger charge is 2.01. The number of rotatable bonds is 9. The van der Waals surface area contributed by atoms with Crippen LogP contribution >= 0.6 is 0 Å². The maximum Gasteiger partial charge on any atom is 0.261 e. The van der Waals surface area contributed by atoms with Crippen molar-refractivity contribution in [1.82, 2.24) is 9.97 Å². The molecule has 7 heteroatoms. The van der Waals surface area contributed by atoms with Crippen molar-refractivity contribution in [3.8, 4) is 0 Å². The molecule has 0 amide bonds. The summed E-state index contributed by atoms with van der Waals surface area (Å²) in [5, 5.41) is 6.03. The number of nitrogens with one attached hydrogen (secondary N) is 2. The van der Waals surface area contributed by atoms with Gasteiger partial charge in [0.25, 0.3) is 6.43 Å². The molecular weight excluding hydrogens is 242 g/mol. The Bertz CT molecular complexity index is 339. The van der Waals surface area contributed by atoms with E-state index in [1.54, 1.807) is 12.3 Å². The Morgan fingerprint density at radius 1 is 1.33 bits per heavy atom. The topological polar surface area (TPSA) is 59.1 Å². The van der Waals surface area contributed by atoms with Crippen LogP contribution in [0.1, 0.15) is 13.3 Å². The summed E-state index contributed by atoms with van der Waals surface area (Å²) in [5.41, 5.74) is 0. The fourth-order valence-corrected chi connectivity index (χ4v) is 1.20. The molecule has 0 aromatic carbocycles. The second kappa shape index (κ2) is 8.57. The number of nitrogens with zero attached hydrogens (tertiary/aromatic N) is 2. The lowest BCUT2D eigenvalue weighted by Crippen LogP contribution is -2.14. The monoisotopic (exact) mass is 260 g/mol. The summed E-state index contributed by atoms with van der Waals surface area (Å²) in [5.74, 6) is 1.19. The number of hydrogen-bond acceptors (Lipinski definition) is 5. The Morgan fingerprint density at radius 2 is 2.17 bits per heavy atom. The van der Waals surface area contributed by atoms with Crippen molar-refractivity contribution in [2.45, 2.75) is 19.8 Å². The van der Waals surface area contributed by atoms with Crippen molar-refractivity contribution in [2.24, 2.45) is 0 Å². The Balaban J connectivity index is 2.24. The molecule has 0 bridgehead atoms. The molecule has 0 aliphatic rings. The van der Waals surface area contributed by atoms with E-state index in [4.69, 9.17) is 4.74 Å². The van der Waals surface area contributed by atoms with Crippen LogP contribution in [0.4, 0.5) is 20.5 Å². The minimum absolute atomic E-state index is 0.214. The molecule has 1 aromatic heterocycles. The van der Waals surface area contributed by atoms with Crippen molar-refractivity contribution in [3.63, 3.8) is 0 Å². The normalized spacial score (nSPS) is 10.7. The van der Waals surface area contributed by atoms with Crippen LogP contribution in [0.25, 0.3) is 0 Å². The smallest absolute Gasteiger partial charge is 0.261 e. The SMILES string of the molecule is CCCNc1nccc(NCCOCC(F)F)n1. The summed E-state index contributed by atoms with van der Waals surface area (Å²) in [6.07, 6.45) is 0.199. The molecule has 0 atom stereocenters. The van der Waals surface area contributed by atoms with Gasteiger partial charge in [-0.05, 0) is 12.5 Å². The van der Waals surface area contributed by atoms with Gasteiger partial charge in [0.1, 0.15) is 12.4 Å². The van der Waals surface area contributed by atoms with Gasteiger partial charge >= 0.3 is 0 Å². The highest BCUT2D eigenvalue weighted by atomic mass is 19.3. The van der Waals surface area contributed by atoms with Gasteiger partial charge < -0.3 is 15.4 Å². The number of anilines is 2. The van der Waals surface area contributed by atoms with E-state index in [1.807, 2.05) is 0 Å². The maximum atomic E-state index is 11.8. The number of hydrogen-bond donors (Lipinski definition) is 2. The van der Waals surface area contributed by atoms with Crippen molar-refractivity contribution in [2.75, 3.05) is 36.9 Å². The lowest BCUT2D eigenvalue weighted by molar-refractivity contribution is 0.0215. The maximum absolute atomic E-state index is 11.8. The van der Waals surface area contributed by atoms with Crippen LogP contribution < -0.4 is 10.6 Å². The Morgan fingerprint density at radius 3 is 2.89 bits per heavy atom. The number of aromatic nitrogens is 2. The predicted molar refractivity (Wildman–Crippen MR) is 66.1 cm³/mol. The molecule has 0 spiro atoms. The lowest BCUT2D eigenvalue weighted by Gasteiger charge is -2.08. The molecule has 0 fully saturated rings. The summed E-state index contributed by atoms with van der Waals surface area (Å²) in [6, 6.07) is 1.71. The molecule has 102 valence electrons. The zero-order valence-electron chi connectivity index (χ0n) is 10.3. The van der Waals surface area contributed by atoms with Gasteiger partial charge in [-0.15, -0.1) is 0 Å². The highest BCUT2D eigenvalue weighted by Crippen LogP contribution is 2.05. The van der Waals surface area contributed by atoms with Crippen LogP contribution in [-0.2, 0) is 4.74 Å². The molecule has 0 unspecified atom stereocenters. The summed E-state index contributed by atoms with van der Waals surface area (Å²) >= 11 is 0. The van der Waals surface area contributed by atoms with Gasteiger partial charge in [0.2, 0.25) is 5.95 Å². The van der Waals surface area contributed by atoms with Gasteiger partial charge in [-0.2, -0.15) is 4.98 Å². The van der Waals surface area contributed by atoms with Gasteiger partial charge in [-0.25, -0.2) is 13.8 Å². The molecular formula is C11H18F2N4O. The second-order valence-corrected chi connectivity index (χ2v) is 3.59. The molecule has 0 aliphatic heterocycles. The van der Waals surface area contributed by atoms with Crippen LogP contribution in [0.2, 0.25) is 0 Å². The summed E-state index contributed by atoms with van der Waals surface area (Å²) in [6.45, 7) is 2.97. The third kappa shape index (κ3) is 6.29. The third-order valence-electron chi connectivity index (χ3n) is 1.99. The largest absolute Gasteiger partial charge is 0.374 e. The van der Waals surface area contributed by atoms with E-state index in [9.17, 15) is 8.78 Å². The first-order valence-electron chi connectivity index (χ1n) is 5.89. The Kier molecular flexibility index (Phi) is 6.93. The molecule has 0 saturated heterocycles. The predicted octanol–water partition coefficient (Wildman–Crippen LogP) is 1.99. The van der Waals surface area contributed by atoms with Gasteiger partial charge in [0, 0.05) is 19.3 Å². The second-order valence-electron chi connectivity index (χ2n) is 3.59. The highest BCUT2D eigenvalue weighted by molar-refractivity contribution is 5.39. The van der Waals surface area contributed by atoms with Crippen LogP contribution in [0, 0.1) is 0 Å². The number of halogens is 2.